The maximum absolute atomic E-state index is 11.2. The second-order valence-corrected chi connectivity index (χ2v) is 3.56. The zero-order valence-electron chi connectivity index (χ0n) is 8.52. The normalized spacial score (nSPS) is 10.6. The number of rotatable bonds is 4. The molecular formula is C8H15ClN2O3. The lowest BCUT2D eigenvalue weighted by Crippen LogP contribution is -2.53. The van der Waals surface area contributed by atoms with Gasteiger partial charge in [-0.05, 0) is 13.8 Å². The van der Waals surface area contributed by atoms with E-state index in [2.05, 4.69) is 15.4 Å². The predicted molar refractivity (Wildman–Crippen MR) is 53.3 cm³/mol. The monoisotopic (exact) mass is 222 g/mol. The highest BCUT2D eigenvalue weighted by atomic mass is 35.5. The number of carbonyl (C=O) groups excluding carboxylic acids is 2. The van der Waals surface area contributed by atoms with Crippen molar-refractivity contribution in [3.8, 4) is 0 Å². The summed E-state index contributed by atoms with van der Waals surface area (Å²) in [6.45, 7) is 3.46. The SMILES string of the molecule is COC(=O)C(C)(C)NC(=O)NCCCl. The first kappa shape index (κ1) is 13.0. The molecule has 2 amide bonds. The van der Waals surface area contributed by atoms with Crippen LogP contribution in [0.25, 0.3) is 0 Å². The number of esters is 1. The van der Waals surface area contributed by atoms with Gasteiger partial charge in [-0.3, -0.25) is 0 Å². The van der Waals surface area contributed by atoms with Gasteiger partial charge in [-0.2, -0.15) is 0 Å². The standard InChI is InChI=1S/C8H15ClN2O3/c1-8(2,6(12)14-3)11-7(13)10-5-4-9/h4-5H2,1-3H3,(H2,10,11,13). The summed E-state index contributed by atoms with van der Waals surface area (Å²) >= 11 is 5.37. The molecule has 0 aromatic heterocycles. The van der Waals surface area contributed by atoms with Crippen LogP contribution in [0.1, 0.15) is 13.8 Å². The minimum absolute atomic E-state index is 0.325. The quantitative estimate of drug-likeness (QED) is 0.537. The molecule has 0 atom stereocenters. The van der Waals surface area contributed by atoms with Crippen LogP contribution in [0.5, 0.6) is 0 Å². The fourth-order valence-corrected chi connectivity index (χ4v) is 0.889. The van der Waals surface area contributed by atoms with Gasteiger partial charge >= 0.3 is 12.0 Å². The third-order valence-electron chi connectivity index (χ3n) is 1.50. The van der Waals surface area contributed by atoms with E-state index in [-0.39, 0.29) is 0 Å². The lowest BCUT2D eigenvalue weighted by atomic mass is 10.1. The van der Waals surface area contributed by atoms with Crippen molar-refractivity contribution in [1.82, 2.24) is 10.6 Å². The largest absolute Gasteiger partial charge is 0.467 e. The number of nitrogens with one attached hydrogen (secondary N) is 2. The van der Waals surface area contributed by atoms with Crippen molar-refractivity contribution in [2.24, 2.45) is 0 Å². The Labute approximate surface area is 88.1 Å². The minimum Gasteiger partial charge on any atom is -0.467 e. The van der Waals surface area contributed by atoms with Crippen LogP contribution in [0.15, 0.2) is 0 Å². The van der Waals surface area contributed by atoms with Crippen LogP contribution in [0, 0.1) is 0 Å². The maximum atomic E-state index is 11.2. The molecule has 2 N–H and O–H groups in total. The van der Waals surface area contributed by atoms with Crippen LogP contribution in [-0.2, 0) is 9.53 Å². The van der Waals surface area contributed by atoms with Crippen LogP contribution in [0.4, 0.5) is 4.79 Å². The molecule has 0 heterocycles. The molecule has 0 aliphatic carbocycles. The molecular weight excluding hydrogens is 208 g/mol. The van der Waals surface area contributed by atoms with Gasteiger partial charge < -0.3 is 15.4 Å². The Morgan fingerprint density at radius 3 is 2.43 bits per heavy atom. The zero-order valence-corrected chi connectivity index (χ0v) is 9.27. The lowest BCUT2D eigenvalue weighted by molar-refractivity contribution is -0.146. The van der Waals surface area contributed by atoms with Crippen molar-refractivity contribution >= 4 is 23.6 Å². The van der Waals surface area contributed by atoms with Gasteiger partial charge in [0.05, 0.1) is 7.11 Å². The van der Waals surface area contributed by atoms with E-state index < -0.39 is 17.5 Å². The van der Waals surface area contributed by atoms with Crippen molar-refractivity contribution in [3.63, 3.8) is 0 Å². The lowest BCUT2D eigenvalue weighted by Gasteiger charge is -2.22. The van der Waals surface area contributed by atoms with Crippen LogP contribution in [0.3, 0.4) is 0 Å². The van der Waals surface area contributed by atoms with Gasteiger partial charge in [-0.1, -0.05) is 0 Å². The molecule has 0 bridgehead atoms. The van der Waals surface area contributed by atoms with Crippen LogP contribution in [0.2, 0.25) is 0 Å². The third kappa shape index (κ3) is 4.32. The van der Waals surface area contributed by atoms with Crippen LogP contribution < -0.4 is 10.6 Å². The summed E-state index contributed by atoms with van der Waals surface area (Å²) in [4.78, 5) is 22.3. The first-order valence-corrected chi connectivity index (χ1v) is 4.68. The van der Waals surface area contributed by atoms with E-state index in [0.717, 1.165) is 0 Å². The maximum Gasteiger partial charge on any atom is 0.331 e. The molecule has 14 heavy (non-hydrogen) atoms. The third-order valence-corrected chi connectivity index (χ3v) is 1.69. The fourth-order valence-electron chi connectivity index (χ4n) is 0.795. The molecule has 0 unspecified atom stereocenters. The highest BCUT2D eigenvalue weighted by Crippen LogP contribution is 2.03. The molecule has 6 heteroatoms. The Morgan fingerprint density at radius 1 is 1.43 bits per heavy atom. The van der Waals surface area contributed by atoms with E-state index in [9.17, 15) is 9.59 Å². The Hall–Kier alpha value is -0.970. The first-order valence-electron chi connectivity index (χ1n) is 4.14. The number of amides is 2. The van der Waals surface area contributed by atoms with E-state index in [1.165, 1.54) is 7.11 Å². The van der Waals surface area contributed by atoms with Crippen molar-refractivity contribution < 1.29 is 14.3 Å². The molecule has 0 rings (SSSR count). The van der Waals surface area contributed by atoms with Crippen molar-refractivity contribution in [1.29, 1.82) is 0 Å². The Balaban J connectivity index is 4.08. The van der Waals surface area contributed by atoms with Gasteiger partial charge in [0.25, 0.3) is 0 Å². The summed E-state index contributed by atoms with van der Waals surface area (Å²) in [5.74, 6) is -0.176. The summed E-state index contributed by atoms with van der Waals surface area (Å²) in [5, 5.41) is 4.94. The Morgan fingerprint density at radius 2 is 2.00 bits per heavy atom. The van der Waals surface area contributed by atoms with Crippen LogP contribution in [-0.4, -0.2) is 37.1 Å². The number of methoxy groups -OCH3 is 1. The number of hydrogen-bond acceptors (Lipinski definition) is 3. The van der Waals surface area contributed by atoms with E-state index in [4.69, 9.17) is 11.6 Å². The highest BCUT2D eigenvalue weighted by Gasteiger charge is 2.30. The number of hydrogen-bond donors (Lipinski definition) is 2. The van der Waals surface area contributed by atoms with E-state index in [1.807, 2.05) is 0 Å². The van der Waals surface area contributed by atoms with Gasteiger partial charge in [-0.25, -0.2) is 9.59 Å². The molecule has 0 radical (unpaired) electrons. The summed E-state index contributed by atoms with van der Waals surface area (Å²) < 4.78 is 4.51. The number of urea groups is 1. The van der Waals surface area contributed by atoms with Crippen molar-refractivity contribution in [2.75, 3.05) is 19.5 Å². The molecule has 0 spiro atoms. The number of ether oxygens (including phenoxy) is 1. The molecule has 0 saturated heterocycles. The molecule has 0 aromatic rings. The fraction of sp³-hybridized carbons (Fsp3) is 0.750. The molecule has 5 nitrogen and oxygen atoms in total. The molecule has 0 fully saturated rings. The molecule has 0 aliphatic heterocycles. The topological polar surface area (TPSA) is 67.4 Å². The minimum atomic E-state index is -1.04. The second kappa shape index (κ2) is 5.70. The summed E-state index contributed by atoms with van der Waals surface area (Å²) in [7, 11) is 1.27. The first-order chi connectivity index (χ1) is 6.44. The Kier molecular flexibility index (Phi) is 5.30. The van der Waals surface area contributed by atoms with Gasteiger partial charge in [0.15, 0.2) is 0 Å². The molecule has 82 valence electrons. The van der Waals surface area contributed by atoms with Gasteiger partial charge in [0.1, 0.15) is 5.54 Å². The van der Waals surface area contributed by atoms with E-state index >= 15 is 0 Å². The Bertz CT molecular complexity index is 219. The van der Waals surface area contributed by atoms with Gasteiger partial charge in [0, 0.05) is 12.4 Å². The van der Waals surface area contributed by atoms with Gasteiger partial charge in [-0.15, -0.1) is 11.6 Å². The summed E-state index contributed by atoms with van der Waals surface area (Å²) in [6, 6.07) is -0.443. The average molecular weight is 223 g/mol. The van der Waals surface area contributed by atoms with Crippen molar-refractivity contribution in [2.45, 2.75) is 19.4 Å². The highest BCUT2D eigenvalue weighted by molar-refractivity contribution is 6.18. The molecule has 0 saturated carbocycles. The van der Waals surface area contributed by atoms with Crippen LogP contribution >= 0.6 is 11.6 Å². The average Bonchev–Trinajstić information content (AvgIpc) is 2.12. The summed E-state index contributed by atoms with van der Waals surface area (Å²) in [6.07, 6.45) is 0. The number of halogens is 1. The zero-order chi connectivity index (χ0) is 11.2. The smallest absolute Gasteiger partial charge is 0.331 e. The number of carbonyl (C=O) groups is 2. The molecule has 0 aromatic carbocycles. The number of alkyl halides is 1. The van der Waals surface area contributed by atoms with Gasteiger partial charge in [0.2, 0.25) is 0 Å². The summed E-state index contributed by atoms with van der Waals surface area (Å²) in [5.41, 5.74) is -1.04. The predicted octanol–water partition coefficient (Wildman–Crippen LogP) is 0.476. The second-order valence-electron chi connectivity index (χ2n) is 3.19. The van der Waals surface area contributed by atoms with Crippen molar-refractivity contribution in [3.05, 3.63) is 0 Å². The van der Waals surface area contributed by atoms with E-state index in [0.29, 0.717) is 12.4 Å². The van der Waals surface area contributed by atoms with E-state index in [1.54, 1.807) is 13.8 Å². The molecule has 0 aliphatic rings.